The maximum atomic E-state index is 12.4. The zero-order valence-corrected chi connectivity index (χ0v) is 18.2. The molecule has 0 spiro atoms. The number of hydrogen-bond acceptors (Lipinski definition) is 4. The van der Waals surface area contributed by atoms with Gasteiger partial charge in [0.1, 0.15) is 0 Å². The molecule has 1 aromatic heterocycles. The van der Waals surface area contributed by atoms with E-state index in [1.54, 1.807) is 37.3 Å². The number of carbonyl (C=O) groups excluding carboxylic acids is 3. The van der Waals surface area contributed by atoms with Crippen LogP contribution in [0.15, 0.2) is 30.3 Å². The van der Waals surface area contributed by atoms with Crippen molar-refractivity contribution in [2.24, 2.45) is 0 Å². The molecule has 0 unspecified atom stereocenters. The lowest BCUT2D eigenvalue weighted by molar-refractivity contribution is -0.111. The van der Waals surface area contributed by atoms with Crippen molar-refractivity contribution in [3.63, 3.8) is 0 Å². The molecule has 0 saturated heterocycles. The molecule has 1 heterocycles. The van der Waals surface area contributed by atoms with Crippen LogP contribution in [0.1, 0.15) is 58.4 Å². The quantitative estimate of drug-likeness (QED) is 0.512. The van der Waals surface area contributed by atoms with Crippen LogP contribution in [-0.2, 0) is 16.1 Å². The first-order valence-electron chi connectivity index (χ1n) is 10.1. The Bertz CT molecular complexity index is 956. The summed E-state index contributed by atoms with van der Waals surface area (Å²) >= 11 is 0. The van der Waals surface area contributed by atoms with Gasteiger partial charge in [0.15, 0.2) is 0 Å². The number of ether oxygens (including phenoxy) is 1. The molecule has 30 heavy (non-hydrogen) atoms. The summed E-state index contributed by atoms with van der Waals surface area (Å²) in [6, 6.07) is 6.64. The molecule has 2 rings (SSSR count). The summed E-state index contributed by atoms with van der Waals surface area (Å²) in [5, 5.41) is 5.48. The fraction of sp³-hybridized carbons (Fsp3) is 0.348. The largest absolute Gasteiger partial charge is 0.462 e. The van der Waals surface area contributed by atoms with Gasteiger partial charge in [-0.2, -0.15) is 0 Å². The van der Waals surface area contributed by atoms with E-state index in [-0.39, 0.29) is 18.4 Å². The molecule has 7 nitrogen and oxygen atoms in total. The van der Waals surface area contributed by atoms with Crippen molar-refractivity contribution in [3.8, 4) is 0 Å². The van der Waals surface area contributed by atoms with Gasteiger partial charge in [-0.05, 0) is 65.0 Å². The van der Waals surface area contributed by atoms with Crippen molar-refractivity contribution in [3.05, 3.63) is 58.4 Å². The van der Waals surface area contributed by atoms with E-state index in [1.165, 1.54) is 6.08 Å². The maximum absolute atomic E-state index is 12.4. The number of hydrogen-bond donors (Lipinski definition) is 2. The highest BCUT2D eigenvalue weighted by molar-refractivity contribution is 6.04. The molecule has 2 N–H and O–H groups in total. The Kier molecular flexibility index (Phi) is 7.98. The van der Waals surface area contributed by atoms with Gasteiger partial charge < -0.3 is 19.9 Å². The molecule has 7 heteroatoms. The van der Waals surface area contributed by atoms with E-state index in [9.17, 15) is 14.4 Å². The van der Waals surface area contributed by atoms with Crippen LogP contribution in [0, 0.1) is 13.8 Å². The van der Waals surface area contributed by atoms with E-state index < -0.39 is 5.97 Å². The highest BCUT2D eigenvalue weighted by Gasteiger charge is 2.22. The van der Waals surface area contributed by atoms with Crippen LogP contribution in [0.2, 0.25) is 0 Å². The fourth-order valence-electron chi connectivity index (χ4n) is 3.36. The molecule has 0 aliphatic heterocycles. The van der Waals surface area contributed by atoms with Crippen LogP contribution >= 0.6 is 0 Å². The molecular weight excluding hydrogens is 382 g/mol. The zero-order chi connectivity index (χ0) is 22.3. The average molecular weight is 412 g/mol. The van der Waals surface area contributed by atoms with Gasteiger partial charge >= 0.3 is 5.97 Å². The topological polar surface area (TPSA) is 89.4 Å². The van der Waals surface area contributed by atoms with Crippen molar-refractivity contribution in [1.82, 2.24) is 9.88 Å². The molecule has 0 saturated carbocycles. The van der Waals surface area contributed by atoms with E-state index in [2.05, 4.69) is 10.6 Å². The van der Waals surface area contributed by atoms with Gasteiger partial charge in [0, 0.05) is 47.4 Å². The van der Waals surface area contributed by atoms with E-state index in [0.29, 0.717) is 35.5 Å². The summed E-state index contributed by atoms with van der Waals surface area (Å²) in [6.07, 6.45) is 3.03. The minimum absolute atomic E-state index is 0.159. The summed E-state index contributed by atoms with van der Waals surface area (Å²) in [5.41, 5.74) is 3.96. The standard InChI is InChI=1S/C23H29N3O4/c1-6-24-22(28)17-9-11-18(12-10-17)25-20(27)14-13-19-15(4)26(7-2)16(5)21(19)23(29)30-8-3/h9-14H,6-8H2,1-5H3,(H,24,28)(H,25,27)/b14-13+. The van der Waals surface area contributed by atoms with Gasteiger partial charge in [0.2, 0.25) is 5.91 Å². The van der Waals surface area contributed by atoms with Gasteiger partial charge in [-0.15, -0.1) is 0 Å². The van der Waals surface area contributed by atoms with E-state index in [1.807, 2.05) is 32.3 Å². The normalized spacial score (nSPS) is 10.8. The zero-order valence-electron chi connectivity index (χ0n) is 18.2. The smallest absolute Gasteiger partial charge is 0.340 e. The minimum Gasteiger partial charge on any atom is -0.462 e. The van der Waals surface area contributed by atoms with Crippen LogP contribution < -0.4 is 10.6 Å². The lowest BCUT2D eigenvalue weighted by Crippen LogP contribution is -2.22. The highest BCUT2D eigenvalue weighted by Crippen LogP contribution is 2.25. The third-order valence-electron chi connectivity index (χ3n) is 4.78. The van der Waals surface area contributed by atoms with Crippen LogP contribution in [0.5, 0.6) is 0 Å². The third kappa shape index (κ3) is 5.17. The van der Waals surface area contributed by atoms with Gasteiger partial charge in [-0.1, -0.05) is 0 Å². The molecule has 0 aliphatic carbocycles. The molecule has 0 bridgehead atoms. The Morgan fingerprint density at radius 2 is 1.70 bits per heavy atom. The Hall–Kier alpha value is -3.35. The SMILES string of the molecule is CCNC(=O)c1ccc(NC(=O)/C=C/c2c(C(=O)OCC)c(C)n(CC)c2C)cc1. The summed E-state index contributed by atoms with van der Waals surface area (Å²) < 4.78 is 7.21. The number of carbonyl (C=O) groups is 3. The Morgan fingerprint density at radius 1 is 1.03 bits per heavy atom. The van der Waals surface area contributed by atoms with Crippen molar-refractivity contribution in [2.45, 2.75) is 41.2 Å². The van der Waals surface area contributed by atoms with E-state index in [4.69, 9.17) is 4.74 Å². The molecule has 2 amide bonds. The first-order valence-corrected chi connectivity index (χ1v) is 10.1. The average Bonchev–Trinajstić information content (AvgIpc) is 2.96. The molecule has 160 valence electrons. The number of anilines is 1. The molecule has 1 aromatic carbocycles. The first-order chi connectivity index (χ1) is 14.3. The molecule has 0 aliphatic rings. The van der Waals surface area contributed by atoms with Crippen molar-refractivity contribution in [2.75, 3.05) is 18.5 Å². The van der Waals surface area contributed by atoms with Crippen molar-refractivity contribution < 1.29 is 19.1 Å². The Labute approximate surface area is 177 Å². The van der Waals surface area contributed by atoms with Crippen LogP contribution in [-0.4, -0.2) is 35.5 Å². The van der Waals surface area contributed by atoms with Gasteiger partial charge in [-0.3, -0.25) is 9.59 Å². The number of esters is 1. The number of nitrogens with zero attached hydrogens (tertiary/aromatic N) is 1. The summed E-state index contributed by atoms with van der Waals surface area (Å²) in [7, 11) is 0. The second-order valence-corrected chi connectivity index (χ2v) is 6.68. The summed E-state index contributed by atoms with van der Waals surface area (Å²) in [6.45, 7) is 10.9. The third-order valence-corrected chi connectivity index (χ3v) is 4.78. The first kappa shape index (κ1) is 22.9. The molecular formula is C23H29N3O4. The van der Waals surface area contributed by atoms with Crippen LogP contribution in [0.25, 0.3) is 6.08 Å². The lowest BCUT2D eigenvalue weighted by Gasteiger charge is -2.05. The summed E-state index contributed by atoms with van der Waals surface area (Å²) in [5.74, 6) is -0.892. The highest BCUT2D eigenvalue weighted by atomic mass is 16.5. The second kappa shape index (κ2) is 10.4. The number of nitrogens with one attached hydrogen (secondary N) is 2. The predicted molar refractivity (Wildman–Crippen MR) is 118 cm³/mol. The van der Waals surface area contributed by atoms with Crippen molar-refractivity contribution in [1.29, 1.82) is 0 Å². The molecule has 0 radical (unpaired) electrons. The van der Waals surface area contributed by atoms with Gasteiger partial charge in [-0.25, -0.2) is 4.79 Å². The van der Waals surface area contributed by atoms with Crippen LogP contribution in [0.3, 0.4) is 0 Å². The maximum Gasteiger partial charge on any atom is 0.340 e. The van der Waals surface area contributed by atoms with E-state index >= 15 is 0 Å². The van der Waals surface area contributed by atoms with E-state index in [0.717, 1.165) is 11.4 Å². The Morgan fingerprint density at radius 3 is 2.27 bits per heavy atom. The number of amides is 2. The number of rotatable bonds is 8. The predicted octanol–water partition coefficient (Wildman–Crippen LogP) is 3.70. The summed E-state index contributed by atoms with van der Waals surface area (Å²) in [4.78, 5) is 36.6. The second-order valence-electron chi connectivity index (χ2n) is 6.68. The number of benzene rings is 1. The minimum atomic E-state index is -0.397. The molecule has 2 aromatic rings. The monoisotopic (exact) mass is 411 g/mol. The van der Waals surface area contributed by atoms with Crippen molar-refractivity contribution >= 4 is 29.5 Å². The Balaban J connectivity index is 2.20. The number of aromatic nitrogens is 1. The van der Waals surface area contributed by atoms with Crippen LogP contribution in [0.4, 0.5) is 5.69 Å². The lowest BCUT2D eigenvalue weighted by atomic mass is 10.1. The fourth-order valence-corrected chi connectivity index (χ4v) is 3.36. The van der Waals surface area contributed by atoms with Gasteiger partial charge in [0.05, 0.1) is 12.2 Å². The molecule has 0 atom stereocenters. The molecule has 0 fully saturated rings. The van der Waals surface area contributed by atoms with Gasteiger partial charge in [0.25, 0.3) is 5.91 Å².